The third-order valence-corrected chi connectivity index (χ3v) is 5.21. The second-order valence-electron chi connectivity index (χ2n) is 5.99. The summed E-state index contributed by atoms with van der Waals surface area (Å²) in [6.45, 7) is 0. The van der Waals surface area contributed by atoms with E-state index in [4.69, 9.17) is 5.11 Å². The lowest BCUT2D eigenvalue weighted by Crippen LogP contribution is -2.33. The molecule has 1 aromatic heterocycles. The first-order chi connectivity index (χ1) is 9.08. The molecule has 2 bridgehead atoms. The number of nitrogens with zero attached hydrogens (tertiary/aromatic N) is 1. The van der Waals surface area contributed by atoms with Gasteiger partial charge in [-0.3, -0.25) is 14.3 Å². The normalized spacial score (nSPS) is 38.2. The molecule has 0 aromatic carbocycles. The molecular weight excluding hydrogens is 248 g/mol. The third kappa shape index (κ3) is 1.34. The lowest BCUT2D eigenvalue weighted by Gasteiger charge is -2.11. The predicted molar refractivity (Wildman–Crippen MR) is 65.1 cm³/mol. The molecule has 0 radical (unpaired) electrons. The molecule has 19 heavy (non-hydrogen) atoms. The van der Waals surface area contributed by atoms with Gasteiger partial charge in [-0.25, -0.2) is 9.59 Å². The Balaban J connectivity index is 1.77. The molecule has 3 saturated carbocycles. The quantitative estimate of drug-likeness (QED) is 0.809. The number of carboxylic acids is 1. The van der Waals surface area contributed by atoms with E-state index in [-0.39, 0.29) is 11.6 Å². The molecule has 2 N–H and O–H groups in total. The van der Waals surface area contributed by atoms with Crippen molar-refractivity contribution in [3.8, 4) is 0 Å². The van der Waals surface area contributed by atoms with E-state index in [0.29, 0.717) is 23.7 Å². The van der Waals surface area contributed by atoms with Crippen LogP contribution in [0.4, 0.5) is 0 Å². The average Bonchev–Trinajstić information content (AvgIpc) is 2.77. The number of aromatic nitrogens is 2. The van der Waals surface area contributed by atoms with Gasteiger partial charge in [0.2, 0.25) is 0 Å². The molecule has 0 amide bonds. The van der Waals surface area contributed by atoms with Crippen molar-refractivity contribution in [2.75, 3.05) is 0 Å². The van der Waals surface area contributed by atoms with Gasteiger partial charge in [-0.2, -0.15) is 0 Å². The molecule has 100 valence electrons. The molecule has 6 nitrogen and oxygen atoms in total. The van der Waals surface area contributed by atoms with E-state index in [1.165, 1.54) is 30.0 Å². The molecule has 0 aliphatic heterocycles. The summed E-state index contributed by atoms with van der Waals surface area (Å²) in [6.07, 6.45) is 4.94. The second-order valence-corrected chi connectivity index (χ2v) is 5.99. The Morgan fingerprint density at radius 1 is 1.26 bits per heavy atom. The smallest absolute Gasteiger partial charge is 0.342 e. The minimum Gasteiger partial charge on any atom is -0.477 e. The van der Waals surface area contributed by atoms with E-state index in [1.807, 2.05) is 0 Å². The summed E-state index contributed by atoms with van der Waals surface area (Å²) >= 11 is 0. The number of H-pyrrole nitrogens is 1. The molecule has 1 aromatic rings. The van der Waals surface area contributed by atoms with Gasteiger partial charge in [0.1, 0.15) is 5.56 Å². The molecule has 4 rings (SSSR count). The third-order valence-electron chi connectivity index (χ3n) is 5.21. The number of aromatic carboxylic acids is 1. The maximum atomic E-state index is 11.9. The lowest BCUT2D eigenvalue weighted by molar-refractivity contribution is 0.0693. The van der Waals surface area contributed by atoms with Crippen LogP contribution in [0.5, 0.6) is 0 Å². The standard InChI is InChI=1S/C13H14N2O4/c16-11-7(12(17)18)4-15(13(19)14-11)10-8-5-1-2-6(3-5)9(8)10/h4-6,8-10H,1-3H2,(H,17,18)(H,14,16,19). The Morgan fingerprint density at radius 2 is 1.89 bits per heavy atom. The maximum absolute atomic E-state index is 11.9. The molecule has 1 heterocycles. The van der Waals surface area contributed by atoms with E-state index in [9.17, 15) is 14.4 Å². The first-order valence-electron chi connectivity index (χ1n) is 6.66. The van der Waals surface area contributed by atoms with Crippen LogP contribution in [0, 0.1) is 23.7 Å². The minimum atomic E-state index is -1.29. The molecule has 0 saturated heterocycles. The number of carboxylic acid groups (broad SMARTS) is 1. The Hall–Kier alpha value is -1.85. The summed E-state index contributed by atoms with van der Waals surface area (Å²) in [7, 11) is 0. The molecule has 4 unspecified atom stereocenters. The Bertz CT molecular complexity index is 673. The minimum absolute atomic E-state index is 0.105. The first-order valence-corrected chi connectivity index (χ1v) is 6.66. The fourth-order valence-corrected chi connectivity index (χ4v) is 4.51. The van der Waals surface area contributed by atoms with Crippen molar-refractivity contribution in [2.24, 2.45) is 23.7 Å². The molecule has 0 spiro atoms. The van der Waals surface area contributed by atoms with E-state index < -0.39 is 17.2 Å². The van der Waals surface area contributed by atoms with Gasteiger partial charge in [-0.05, 0) is 42.9 Å². The van der Waals surface area contributed by atoms with Gasteiger partial charge in [0.15, 0.2) is 0 Å². The monoisotopic (exact) mass is 262 g/mol. The summed E-state index contributed by atoms with van der Waals surface area (Å²) in [5.74, 6) is 1.12. The molecule has 3 fully saturated rings. The van der Waals surface area contributed by atoms with Gasteiger partial charge < -0.3 is 5.11 Å². The maximum Gasteiger partial charge on any atom is 0.342 e. The lowest BCUT2D eigenvalue weighted by atomic mass is 10.0. The van der Waals surface area contributed by atoms with Crippen molar-refractivity contribution < 1.29 is 9.90 Å². The van der Waals surface area contributed by atoms with Crippen molar-refractivity contribution in [1.82, 2.24) is 9.55 Å². The molecule has 3 aliphatic carbocycles. The Kier molecular flexibility index (Phi) is 1.96. The van der Waals surface area contributed by atoms with Crippen LogP contribution in [0.3, 0.4) is 0 Å². The molecule has 6 heteroatoms. The largest absolute Gasteiger partial charge is 0.477 e. The van der Waals surface area contributed by atoms with Gasteiger partial charge in [0.25, 0.3) is 5.56 Å². The van der Waals surface area contributed by atoms with Crippen molar-refractivity contribution in [2.45, 2.75) is 25.3 Å². The molecular formula is C13H14N2O4. The van der Waals surface area contributed by atoms with Crippen LogP contribution in [-0.4, -0.2) is 20.6 Å². The summed E-state index contributed by atoms with van der Waals surface area (Å²) in [4.78, 5) is 36.4. The van der Waals surface area contributed by atoms with Crippen molar-refractivity contribution in [3.63, 3.8) is 0 Å². The van der Waals surface area contributed by atoms with Gasteiger partial charge in [0.05, 0.1) is 0 Å². The molecule has 4 atom stereocenters. The number of rotatable bonds is 2. The van der Waals surface area contributed by atoms with Crippen molar-refractivity contribution >= 4 is 5.97 Å². The van der Waals surface area contributed by atoms with E-state index in [1.54, 1.807) is 0 Å². The Morgan fingerprint density at radius 3 is 2.47 bits per heavy atom. The van der Waals surface area contributed by atoms with E-state index in [2.05, 4.69) is 4.98 Å². The number of hydrogen-bond donors (Lipinski definition) is 2. The highest BCUT2D eigenvalue weighted by atomic mass is 16.4. The van der Waals surface area contributed by atoms with Gasteiger partial charge in [-0.1, -0.05) is 0 Å². The number of hydrogen-bond acceptors (Lipinski definition) is 3. The second kappa shape index (κ2) is 3.37. The zero-order valence-corrected chi connectivity index (χ0v) is 10.2. The van der Waals surface area contributed by atoms with Crippen LogP contribution in [0.15, 0.2) is 15.8 Å². The van der Waals surface area contributed by atoms with Crippen LogP contribution >= 0.6 is 0 Å². The van der Waals surface area contributed by atoms with Crippen LogP contribution in [0.1, 0.15) is 35.7 Å². The zero-order chi connectivity index (χ0) is 13.3. The Labute approximate surface area is 108 Å². The van der Waals surface area contributed by atoms with Crippen LogP contribution < -0.4 is 11.2 Å². The SMILES string of the molecule is O=C(O)c1cn(C2C3C4CCC(C4)C32)c(=O)[nH]c1=O. The first kappa shape index (κ1) is 11.0. The van der Waals surface area contributed by atoms with Crippen molar-refractivity contribution in [3.05, 3.63) is 32.6 Å². The fourth-order valence-electron chi connectivity index (χ4n) is 4.51. The summed E-state index contributed by atoms with van der Waals surface area (Å²) < 4.78 is 1.45. The van der Waals surface area contributed by atoms with Crippen molar-refractivity contribution in [1.29, 1.82) is 0 Å². The summed E-state index contributed by atoms with van der Waals surface area (Å²) in [5.41, 5.74) is -1.65. The number of carbonyl (C=O) groups is 1. The van der Waals surface area contributed by atoms with Crippen LogP contribution in [0.25, 0.3) is 0 Å². The van der Waals surface area contributed by atoms with Crippen LogP contribution in [0.2, 0.25) is 0 Å². The molecule has 3 aliphatic rings. The zero-order valence-electron chi connectivity index (χ0n) is 10.2. The predicted octanol–water partition coefficient (Wildman–Crippen LogP) is 0.452. The fraction of sp³-hybridized carbons (Fsp3) is 0.615. The number of aromatic amines is 1. The number of nitrogens with one attached hydrogen (secondary N) is 1. The van der Waals surface area contributed by atoms with Gasteiger partial charge in [-0.15, -0.1) is 0 Å². The van der Waals surface area contributed by atoms with Crippen LogP contribution in [-0.2, 0) is 0 Å². The number of fused-ring (bicyclic) bond motifs is 5. The highest BCUT2D eigenvalue weighted by Gasteiger charge is 2.66. The topological polar surface area (TPSA) is 92.2 Å². The van der Waals surface area contributed by atoms with E-state index in [0.717, 1.165) is 0 Å². The van der Waals surface area contributed by atoms with Gasteiger partial charge >= 0.3 is 11.7 Å². The highest BCUT2D eigenvalue weighted by molar-refractivity contribution is 5.86. The van der Waals surface area contributed by atoms with E-state index >= 15 is 0 Å². The summed E-state index contributed by atoms with van der Waals surface area (Å²) in [5, 5.41) is 8.97. The summed E-state index contributed by atoms with van der Waals surface area (Å²) in [6, 6.07) is 0.105. The van der Waals surface area contributed by atoms with Gasteiger partial charge in [0, 0.05) is 12.2 Å². The highest BCUT2D eigenvalue weighted by Crippen LogP contribution is 2.71. The average molecular weight is 262 g/mol.